The maximum absolute atomic E-state index is 12.4. The number of hydrogen-bond acceptors (Lipinski definition) is 5. The molecule has 0 radical (unpaired) electrons. The molecule has 33 heavy (non-hydrogen) atoms. The van der Waals surface area contributed by atoms with Gasteiger partial charge in [0.05, 0.1) is 5.92 Å². The van der Waals surface area contributed by atoms with E-state index >= 15 is 0 Å². The van der Waals surface area contributed by atoms with Crippen molar-refractivity contribution in [2.75, 3.05) is 43.6 Å². The maximum atomic E-state index is 12.4. The molecule has 1 saturated heterocycles. The van der Waals surface area contributed by atoms with Crippen LogP contribution in [0.5, 0.6) is 5.75 Å². The van der Waals surface area contributed by atoms with Gasteiger partial charge < -0.3 is 25.0 Å². The molecule has 0 saturated carbocycles. The summed E-state index contributed by atoms with van der Waals surface area (Å²) in [6.07, 6.45) is 0.916. The third-order valence-electron chi connectivity index (χ3n) is 5.30. The van der Waals surface area contributed by atoms with E-state index in [-0.39, 0.29) is 36.7 Å². The molecule has 3 amide bonds. The molecule has 0 unspecified atom stereocenters. The lowest BCUT2D eigenvalue weighted by Gasteiger charge is -2.17. The van der Waals surface area contributed by atoms with Crippen molar-refractivity contribution >= 4 is 45.0 Å². The van der Waals surface area contributed by atoms with Gasteiger partial charge in [-0.3, -0.25) is 14.4 Å². The number of aryl methyl sites for hydroxylation is 1. The minimum atomic E-state index is -0.373. The van der Waals surface area contributed by atoms with Crippen molar-refractivity contribution in [1.29, 1.82) is 0 Å². The van der Waals surface area contributed by atoms with E-state index in [1.54, 1.807) is 36.3 Å². The molecule has 0 aromatic heterocycles. The standard InChI is InChI=1S/C24H28BrN3O5/c1-16-12-18(25)4-9-21(16)27-22(29)15-33-20-7-5-19(6-8-20)28-14-17(13-23(28)30)24(31)26-10-3-11-32-2/h4-9,12,17H,3,10-11,13-15H2,1-2H3,(H,26,31)(H,27,29)/t17-/m0/s1. The summed E-state index contributed by atoms with van der Waals surface area (Å²) in [6.45, 7) is 3.22. The molecule has 0 aliphatic carbocycles. The minimum absolute atomic E-state index is 0.0926. The molecule has 2 aromatic rings. The summed E-state index contributed by atoms with van der Waals surface area (Å²) >= 11 is 3.40. The monoisotopic (exact) mass is 517 g/mol. The van der Waals surface area contributed by atoms with Crippen LogP contribution in [0.4, 0.5) is 11.4 Å². The molecule has 1 aliphatic rings. The summed E-state index contributed by atoms with van der Waals surface area (Å²) in [5.74, 6) is -0.334. The van der Waals surface area contributed by atoms with Gasteiger partial charge in [0.15, 0.2) is 6.61 Å². The van der Waals surface area contributed by atoms with Crippen LogP contribution in [0, 0.1) is 12.8 Å². The van der Waals surface area contributed by atoms with Gasteiger partial charge in [-0.2, -0.15) is 0 Å². The second kappa shape index (κ2) is 11.8. The molecule has 0 bridgehead atoms. The predicted molar refractivity (Wildman–Crippen MR) is 129 cm³/mol. The van der Waals surface area contributed by atoms with Gasteiger partial charge in [0.2, 0.25) is 11.8 Å². The van der Waals surface area contributed by atoms with Gasteiger partial charge in [0.25, 0.3) is 5.91 Å². The van der Waals surface area contributed by atoms with Crippen LogP contribution < -0.4 is 20.3 Å². The summed E-state index contributed by atoms with van der Waals surface area (Å²) in [6, 6.07) is 12.5. The Bertz CT molecular complexity index is 996. The fourth-order valence-corrected chi connectivity index (χ4v) is 4.01. The first-order valence-electron chi connectivity index (χ1n) is 10.7. The van der Waals surface area contributed by atoms with Gasteiger partial charge in [-0.25, -0.2) is 0 Å². The van der Waals surface area contributed by atoms with Gasteiger partial charge in [0, 0.05) is 49.1 Å². The first-order chi connectivity index (χ1) is 15.9. The van der Waals surface area contributed by atoms with E-state index in [0.29, 0.717) is 31.1 Å². The topological polar surface area (TPSA) is 97.0 Å². The maximum Gasteiger partial charge on any atom is 0.262 e. The number of carbonyl (C=O) groups excluding carboxylic acids is 3. The van der Waals surface area contributed by atoms with Crippen LogP contribution in [-0.4, -0.2) is 51.1 Å². The number of amides is 3. The summed E-state index contributed by atoms with van der Waals surface area (Å²) in [5.41, 5.74) is 2.36. The quantitative estimate of drug-likeness (QED) is 0.471. The third-order valence-corrected chi connectivity index (χ3v) is 5.79. The number of benzene rings is 2. The lowest BCUT2D eigenvalue weighted by atomic mass is 10.1. The molecule has 8 nitrogen and oxygen atoms in total. The Labute approximate surface area is 201 Å². The van der Waals surface area contributed by atoms with E-state index in [0.717, 1.165) is 22.1 Å². The largest absolute Gasteiger partial charge is 0.484 e. The highest BCUT2D eigenvalue weighted by Gasteiger charge is 2.34. The highest BCUT2D eigenvalue weighted by Crippen LogP contribution is 2.27. The van der Waals surface area contributed by atoms with Crippen molar-refractivity contribution in [3.05, 3.63) is 52.5 Å². The number of nitrogens with zero attached hydrogens (tertiary/aromatic N) is 1. The molecule has 3 rings (SSSR count). The van der Waals surface area contributed by atoms with Crippen molar-refractivity contribution in [3.63, 3.8) is 0 Å². The van der Waals surface area contributed by atoms with E-state index in [4.69, 9.17) is 9.47 Å². The number of ether oxygens (including phenoxy) is 2. The Balaban J connectivity index is 1.49. The van der Waals surface area contributed by atoms with Crippen molar-refractivity contribution < 1.29 is 23.9 Å². The normalized spacial score (nSPS) is 15.4. The van der Waals surface area contributed by atoms with Gasteiger partial charge in [-0.05, 0) is 61.4 Å². The van der Waals surface area contributed by atoms with E-state index < -0.39 is 0 Å². The number of hydrogen-bond donors (Lipinski definition) is 2. The fourth-order valence-electron chi connectivity index (χ4n) is 3.53. The van der Waals surface area contributed by atoms with Gasteiger partial charge in [-0.15, -0.1) is 0 Å². The van der Waals surface area contributed by atoms with E-state index in [1.165, 1.54) is 0 Å². The molecule has 1 atom stereocenters. The zero-order valence-corrected chi connectivity index (χ0v) is 20.3. The smallest absolute Gasteiger partial charge is 0.262 e. The number of anilines is 2. The van der Waals surface area contributed by atoms with Gasteiger partial charge in [0.1, 0.15) is 5.75 Å². The molecule has 176 valence electrons. The Hall–Kier alpha value is -2.91. The van der Waals surface area contributed by atoms with Crippen molar-refractivity contribution in [3.8, 4) is 5.75 Å². The van der Waals surface area contributed by atoms with Crippen LogP contribution >= 0.6 is 15.9 Å². The zero-order valence-electron chi connectivity index (χ0n) is 18.7. The number of methoxy groups -OCH3 is 1. The van der Waals surface area contributed by atoms with Gasteiger partial charge in [-0.1, -0.05) is 15.9 Å². The van der Waals surface area contributed by atoms with Crippen LogP contribution in [0.2, 0.25) is 0 Å². The summed E-state index contributed by atoms with van der Waals surface area (Å²) < 4.78 is 11.5. The summed E-state index contributed by atoms with van der Waals surface area (Å²) in [5, 5.41) is 5.68. The minimum Gasteiger partial charge on any atom is -0.484 e. The van der Waals surface area contributed by atoms with E-state index in [1.807, 2.05) is 25.1 Å². The molecule has 2 N–H and O–H groups in total. The lowest BCUT2D eigenvalue weighted by Crippen LogP contribution is -2.33. The molecular formula is C24H28BrN3O5. The SMILES string of the molecule is COCCCNC(=O)[C@H]1CC(=O)N(c2ccc(OCC(=O)Nc3ccc(Br)cc3C)cc2)C1. The Morgan fingerprint density at radius 1 is 1.18 bits per heavy atom. The molecule has 2 aromatic carbocycles. The van der Waals surface area contributed by atoms with E-state index in [2.05, 4.69) is 26.6 Å². The van der Waals surface area contributed by atoms with Gasteiger partial charge >= 0.3 is 0 Å². The lowest BCUT2D eigenvalue weighted by molar-refractivity contribution is -0.126. The highest BCUT2D eigenvalue weighted by atomic mass is 79.9. The first kappa shape index (κ1) is 24.7. The summed E-state index contributed by atoms with van der Waals surface area (Å²) in [7, 11) is 1.62. The number of nitrogens with one attached hydrogen (secondary N) is 2. The Kier molecular flexibility index (Phi) is 8.85. The van der Waals surface area contributed by atoms with Crippen molar-refractivity contribution in [1.82, 2.24) is 5.32 Å². The Morgan fingerprint density at radius 2 is 1.94 bits per heavy atom. The van der Waals surface area contributed by atoms with E-state index in [9.17, 15) is 14.4 Å². The fraction of sp³-hybridized carbons (Fsp3) is 0.375. The average Bonchev–Trinajstić information content (AvgIpc) is 3.19. The predicted octanol–water partition coefficient (Wildman–Crippen LogP) is 3.28. The van der Waals surface area contributed by atoms with Crippen molar-refractivity contribution in [2.24, 2.45) is 5.92 Å². The van der Waals surface area contributed by atoms with Crippen LogP contribution in [0.15, 0.2) is 46.9 Å². The molecule has 1 heterocycles. The highest BCUT2D eigenvalue weighted by molar-refractivity contribution is 9.10. The molecule has 0 spiro atoms. The van der Waals surface area contributed by atoms with Crippen LogP contribution in [-0.2, 0) is 19.1 Å². The average molecular weight is 518 g/mol. The number of carbonyl (C=O) groups is 3. The van der Waals surface area contributed by atoms with Crippen LogP contribution in [0.1, 0.15) is 18.4 Å². The molecular weight excluding hydrogens is 490 g/mol. The molecule has 1 fully saturated rings. The molecule has 9 heteroatoms. The third kappa shape index (κ3) is 7.03. The zero-order chi connectivity index (χ0) is 23.8. The molecule has 1 aliphatic heterocycles. The number of halogens is 1. The van der Waals surface area contributed by atoms with Crippen LogP contribution in [0.3, 0.4) is 0 Å². The number of rotatable bonds is 10. The van der Waals surface area contributed by atoms with Crippen molar-refractivity contribution in [2.45, 2.75) is 19.8 Å². The second-order valence-corrected chi connectivity index (χ2v) is 8.75. The van der Waals surface area contributed by atoms with Crippen LogP contribution in [0.25, 0.3) is 0 Å². The second-order valence-electron chi connectivity index (χ2n) is 7.83. The first-order valence-corrected chi connectivity index (χ1v) is 11.5. The summed E-state index contributed by atoms with van der Waals surface area (Å²) in [4.78, 5) is 38.5. The Morgan fingerprint density at radius 3 is 2.64 bits per heavy atom.